The summed E-state index contributed by atoms with van der Waals surface area (Å²) in [5.74, 6) is -0.393. The average Bonchev–Trinajstić information content (AvgIpc) is 2.29. The first kappa shape index (κ1) is 12.9. The number of carbonyl (C=O) groups excluding carboxylic acids is 1. The lowest BCUT2D eigenvalue weighted by Gasteiger charge is -2.12. The van der Waals surface area contributed by atoms with Crippen LogP contribution in [0, 0.1) is 0 Å². The van der Waals surface area contributed by atoms with Gasteiger partial charge in [0, 0.05) is 6.07 Å². The molecule has 0 aromatic heterocycles. The maximum absolute atomic E-state index is 11.4. The molecule has 2 N–H and O–H groups in total. The number of rotatable bonds is 3. The van der Waals surface area contributed by atoms with Crippen LogP contribution in [0.4, 0.5) is 0 Å². The largest absolute Gasteiger partial charge is 0.495 e. The number of halogens is 2. The standard InChI is InChI=1S/C9H9Cl2NO4/c1-15-4-3-5(16-2)8(11)6(7(4)10)9(13)12-14/h3,14H,1-2H3,(H,12,13). The van der Waals surface area contributed by atoms with Crippen LogP contribution in [0.2, 0.25) is 10.0 Å². The van der Waals surface area contributed by atoms with Gasteiger partial charge >= 0.3 is 0 Å². The fraction of sp³-hybridized carbons (Fsp3) is 0.222. The van der Waals surface area contributed by atoms with E-state index in [1.54, 1.807) is 0 Å². The van der Waals surface area contributed by atoms with Crippen LogP contribution in [0.5, 0.6) is 11.5 Å². The lowest BCUT2D eigenvalue weighted by Crippen LogP contribution is -2.20. The minimum atomic E-state index is -0.841. The molecule has 0 spiro atoms. The molecule has 5 nitrogen and oxygen atoms in total. The van der Waals surface area contributed by atoms with Crippen LogP contribution in [-0.4, -0.2) is 25.3 Å². The Morgan fingerprint density at radius 3 is 2.00 bits per heavy atom. The summed E-state index contributed by atoms with van der Waals surface area (Å²) in [4.78, 5) is 11.4. The normalized spacial score (nSPS) is 9.81. The quantitative estimate of drug-likeness (QED) is 0.649. The molecule has 0 aliphatic carbocycles. The van der Waals surface area contributed by atoms with Crippen molar-refractivity contribution in [1.82, 2.24) is 5.48 Å². The van der Waals surface area contributed by atoms with Crippen molar-refractivity contribution < 1.29 is 19.5 Å². The Morgan fingerprint density at radius 2 is 1.69 bits per heavy atom. The number of amides is 1. The molecule has 0 saturated carbocycles. The maximum Gasteiger partial charge on any atom is 0.277 e. The summed E-state index contributed by atoms with van der Waals surface area (Å²) < 4.78 is 9.89. The van der Waals surface area contributed by atoms with Crippen LogP contribution in [0.25, 0.3) is 0 Å². The molecule has 0 saturated heterocycles. The zero-order chi connectivity index (χ0) is 12.3. The van der Waals surface area contributed by atoms with Crippen LogP contribution < -0.4 is 15.0 Å². The van der Waals surface area contributed by atoms with Crippen molar-refractivity contribution in [3.63, 3.8) is 0 Å². The van der Waals surface area contributed by atoms with Gasteiger partial charge in [0.1, 0.15) is 11.5 Å². The minimum Gasteiger partial charge on any atom is -0.495 e. The Labute approximate surface area is 102 Å². The summed E-state index contributed by atoms with van der Waals surface area (Å²) in [6.07, 6.45) is 0. The zero-order valence-electron chi connectivity index (χ0n) is 8.51. The zero-order valence-corrected chi connectivity index (χ0v) is 10.0. The van der Waals surface area contributed by atoms with E-state index in [2.05, 4.69) is 0 Å². The monoisotopic (exact) mass is 265 g/mol. The number of hydrogen-bond acceptors (Lipinski definition) is 4. The van der Waals surface area contributed by atoms with E-state index in [0.29, 0.717) is 0 Å². The molecule has 1 rings (SSSR count). The van der Waals surface area contributed by atoms with Crippen LogP contribution in [0.1, 0.15) is 10.4 Å². The van der Waals surface area contributed by atoms with Gasteiger partial charge < -0.3 is 9.47 Å². The van der Waals surface area contributed by atoms with Gasteiger partial charge in [-0.3, -0.25) is 10.0 Å². The molecule has 0 fully saturated rings. The lowest BCUT2D eigenvalue weighted by molar-refractivity contribution is 0.0706. The first-order valence-electron chi connectivity index (χ1n) is 4.11. The molecular weight excluding hydrogens is 257 g/mol. The smallest absolute Gasteiger partial charge is 0.277 e. The molecule has 0 aliphatic heterocycles. The third-order valence-electron chi connectivity index (χ3n) is 1.90. The van der Waals surface area contributed by atoms with E-state index in [1.807, 2.05) is 0 Å². The number of nitrogens with one attached hydrogen (secondary N) is 1. The third kappa shape index (κ3) is 2.16. The van der Waals surface area contributed by atoms with Crippen LogP contribution in [-0.2, 0) is 0 Å². The molecular formula is C9H9Cl2NO4. The van der Waals surface area contributed by atoms with Gasteiger partial charge in [0.15, 0.2) is 0 Å². The van der Waals surface area contributed by atoms with E-state index < -0.39 is 5.91 Å². The maximum atomic E-state index is 11.4. The number of carbonyl (C=O) groups is 1. The first-order valence-corrected chi connectivity index (χ1v) is 4.86. The van der Waals surface area contributed by atoms with E-state index in [4.69, 9.17) is 37.9 Å². The second-order valence-corrected chi connectivity index (χ2v) is 3.48. The van der Waals surface area contributed by atoms with Gasteiger partial charge in [-0.05, 0) is 0 Å². The van der Waals surface area contributed by atoms with Crippen molar-refractivity contribution in [2.45, 2.75) is 0 Å². The molecule has 88 valence electrons. The van der Waals surface area contributed by atoms with Gasteiger partial charge in [0.25, 0.3) is 5.91 Å². The molecule has 0 bridgehead atoms. The van der Waals surface area contributed by atoms with Gasteiger partial charge in [-0.2, -0.15) is 0 Å². The van der Waals surface area contributed by atoms with Crippen LogP contribution in [0.3, 0.4) is 0 Å². The van der Waals surface area contributed by atoms with E-state index in [1.165, 1.54) is 25.8 Å². The highest BCUT2D eigenvalue weighted by Crippen LogP contribution is 2.40. The predicted octanol–water partition coefficient (Wildman–Crippen LogP) is 2.13. The van der Waals surface area contributed by atoms with Crippen molar-refractivity contribution >= 4 is 29.1 Å². The average molecular weight is 266 g/mol. The van der Waals surface area contributed by atoms with E-state index in [0.717, 1.165) is 0 Å². The molecule has 0 aliphatic rings. The minimum absolute atomic E-state index is 0.000139. The highest BCUT2D eigenvalue weighted by atomic mass is 35.5. The van der Waals surface area contributed by atoms with Gasteiger partial charge in [-0.15, -0.1) is 0 Å². The summed E-state index contributed by atoms with van der Waals surface area (Å²) in [5, 5.41) is 8.57. The van der Waals surface area contributed by atoms with Gasteiger partial charge in [0.2, 0.25) is 0 Å². The Kier molecular flexibility index (Phi) is 4.23. The Bertz CT molecular complexity index is 394. The molecule has 7 heteroatoms. The highest BCUT2D eigenvalue weighted by molar-refractivity contribution is 6.41. The topological polar surface area (TPSA) is 67.8 Å². The van der Waals surface area contributed by atoms with E-state index >= 15 is 0 Å². The van der Waals surface area contributed by atoms with Gasteiger partial charge in [-0.1, -0.05) is 23.2 Å². The molecule has 0 heterocycles. The van der Waals surface area contributed by atoms with Crippen molar-refractivity contribution in [1.29, 1.82) is 0 Å². The molecule has 0 radical (unpaired) electrons. The highest BCUT2D eigenvalue weighted by Gasteiger charge is 2.22. The Hall–Kier alpha value is -1.17. The number of methoxy groups -OCH3 is 2. The fourth-order valence-corrected chi connectivity index (χ4v) is 1.81. The molecule has 0 unspecified atom stereocenters. The summed E-state index contributed by atoms with van der Waals surface area (Å²) in [5.41, 5.74) is 1.34. The van der Waals surface area contributed by atoms with E-state index in [9.17, 15) is 4.79 Å². The van der Waals surface area contributed by atoms with Gasteiger partial charge in [0.05, 0.1) is 29.8 Å². The third-order valence-corrected chi connectivity index (χ3v) is 2.65. The molecule has 1 amide bonds. The second kappa shape index (κ2) is 5.25. The number of benzene rings is 1. The van der Waals surface area contributed by atoms with E-state index in [-0.39, 0.29) is 27.1 Å². The predicted molar refractivity (Wildman–Crippen MR) is 58.8 cm³/mol. The van der Waals surface area contributed by atoms with Crippen molar-refractivity contribution in [2.75, 3.05) is 14.2 Å². The van der Waals surface area contributed by atoms with Crippen molar-refractivity contribution in [3.8, 4) is 11.5 Å². The molecule has 0 atom stereocenters. The summed E-state index contributed by atoms with van der Waals surface area (Å²) in [6.45, 7) is 0. The van der Waals surface area contributed by atoms with Crippen molar-refractivity contribution in [3.05, 3.63) is 21.7 Å². The number of ether oxygens (including phenoxy) is 2. The summed E-state index contributed by atoms with van der Waals surface area (Å²) in [6, 6.07) is 1.44. The SMILES string of the molecule is COc1cc(OC)c(Cl)c(C(=O)NO)c1Cl. The summed E-state index contributed by atoms with van der Waals surface area (Å²) in [7, 11) is 2.77. The lowest BCUT2D eigenvalue weighted by atomic mass is 10.2. The molecule has 1 aromatic rings. The first-order chi connectivity index (χ1) is 7.56. The van der Waals surface area contributed by atoms with Gasteiger partial charge in [-0.25, -0.2) is 5.48 Å². The number of hydroxylamine groups is 1. The molecule has 1 aromatic carbocycles. The second-order valence-electron chi connectivity index (χ2n) is 2.72. The Balaban J connectivity index is 3.49. The van der Waals surface area contributed by atoms with Crippen molar-refractivity contribution in [2.24, 2.45) is 0 Å². The van der Waals surface area contributed by atoms with Crippen LogP contribution in [0.15, 0.2) is 6.07 Å². The molecule has 16 heavy (non-hydrogen) atoms. The Morgan fingerprint density at radius 1 is 1.25 bits per heavy atom. The summed E-state index contributed by atoms with van der Waals surface area (Å²) >= 11 is 11.8. The fourth-order valence-electron chi connectivity index (χ4n) is 1.14. The van der Waals surface area contributed by atoms with Crippen LogP contribution >= 0.6 is 23.2 Å². The number of hydrogen-bond donors (Lipinski definition) is 2.